The van der Waals surface area contributed by atoms with Crippen molar-refractivity contribution in [2.75, 3.05) is 0 Å². The van der Waals surface area contributed by atoms with Crippen molar-refractivity contribution >= 4 is 0 Å². The molecular weight excluding hydrogens is 434 g/mol. The van der Waals surface area contributed by atoms with Crippen LogP contribution in [-0.2, 0) is 13.5 Å². The quantitative estimate of drug-likeness (QED) is 0.253. The summed E-state index contributed by atoms with van der Waals surface area (Å²) >= 11 is 0. The fourth-order valence-corrected chi connectivity index (χ4v) is 7.82. The minimum absolute atomic E-state index is 0.568. The number of aryl methyl sites for hydroxylation is 4. The Morgan fingerprint density at radius 1 is 0.778 bits per heavy atom. The normalized spacial score (nSPS) is 20.4. The molecule has 0 radical (unpaired) electrons. The van der Waals surface area contributed by atoms with Crippen molar-refractivity contribution in [3.8, 4) is 22.4 Å². The third-order valence-electron chi connectivity index (χ3n) is 10.4. The molecule has 3 aliphatic rings. The molecule has 36 heavy (non-hydrogen) atoms. The van der Waals surface area contributed by atoms with Crippen LogP contribution >= 0.6 is 0 Å². The molecule has 1 nitrogen and oxygen atoms in total. The summed E-state index contributed by atoms with van der Waals surface area (Å²) in [6.45, 7) is 11.8. The van der Waals surface area contributed by atoms with Gasteiger partial charge in [0.05, 0.1) is 5.56 Å². The van der Waals surface area contributed by atoms with Crippen LogP contribution in [0.4, 0.5) is 0 Å². The summed E-state index contributed by atoms with van der Waals surface area (Å²) in [4.78, 5) is 0. The number of fused-ring (bicyclic) bond motifs is 3. The Bertz CT molecular complexity index is 1320. The first kappa shape index (κ1) is 24.0. The molecule has 2 fully saturated rings. The molecule has 1 aromatic heterocycles. The summed E-state index contributed by atoms with van der Waals surface area (Å²) in [5.41, 5.74) is 15.7. The molecule has 1 heterocycles. The molecule has 1 heteroatoms. The number of aromatic nitrogens is 1. The smallest absolute Gasteiger partial charge is 0.201 e. The molecule has 3 aliphatic carbocycles. The van der Waals surface area contributed by atoms with E-state index in [1.165, 1.54) is 102 Å². The predicted molar refractivity (Wildman–Crippen MR) is 151 cm³/mol. The van der Waals surface area contributed by atoms with E-state index in [1.807, 2.05) is 0 Å². The Hall–Kier alpha value is -2.41. The minimum Gasteiger partial charge on any atom is -0.201 e. The summed E-state index contributed by atoms with van der Waals surface area (Å²) in [5, 5.41) is 0. The second-order valence-corrected chi connectivity index (χ2v) is 13.5. The van der Waals surface area contributed by atoms with Crippen molar-refractivity contribution in [3.05, 3.63) is 76.0 Å². The van der Waals surface area contributed by atoms with Gasteiger partial charge >= 0.3 is 0 Å². The zero-order chi connectivity index (χ0) is 25.2. The molecule has 6 rings (SSSR count). The van der Waals surface area contributed by atoms with Crippen LogP contribution in [0.3, 0.4) is 0 Å². The molecule has 188 valence electrons. The maximum Gasteiger partial charge on any atom is 0.213 e. The van der Waals surface area contributed by atoms with Gasteiger partial charge in [0.2, 0.25) is 5.69 Å². The van der Waals surface area contributed by atoms with Gasteiger partial charge in [-0.1, -0.05) is 49.7 Å². The van der Waals surface area contributed by atoms with Crippen LogP contribution in [0.5, 0.6) is 0 Å². The Morgan fingerprint density at radius 3 is 2.19 bits per heavy atom. The van der Waals surface area contributed by atoms with E-state index in [9.17, 15) is 0 Å². The standard InChI is InChI=1S/C35H44N/c1-23-7-9-28-27(19-23)21-30-29(28)10-8-24(2)33(30)32-20-25(3)31(22-36(32)6)26-11-13-35(14-12-26)17-15-34(4,5)16-18-35/h7-10,19-20,22,26H,11-18,21H2,1-6H3/q+1. The molecule has 2 aromatic carbocycles. The van der Waals surface area contributed by atoms with Gasteiger partial charge in [-0.05, 0) is 129 Å². The van der Waals surface area contributed by atoms with Crippen LogP contribution < -0.4 is 4.57 Å². The lowest BCUT2D eigenvalue weighted by Crippen LogP contribution is -2.36. The maximum atomic E-state index is 2.50. The third kappa shape index (κ3) is 4.04. The first-order valence-electron chi connectivity index (χ1n) is 14.4. The zero-order valence-corrected chi connectivity index (χ0v) is 23.4. The highest BCUT2D eigenvalue weighted by Gasteiger charge is 2.41. The summed E-state index contributed by atoms with van der Waals surface area (Å²) < 4.78 is 2.44. The second kappa shape index (κ2) is 8.57. The second-order valence-electron chi connectivity index (χ2n) is 13.5. The fraction of sp³-hybridized carbons (Fsp3) is 0.514. The maximum absolute atomic E-state index is 2.50. The Labute approximate surface area is 219 Å². The lowest BCUT2D eigenvalue weighted by Gasteiger charge is -2.47. The monoisotopic (exact) mass is 478 g/mol. The number of hydrogen-bond acceptors (Lipinski definition) is 0. The number of nitrogens with zero attached hydrogens (tertiary/aromatic N) is 1. The molecule has 0 aliphatic heterocycles. The van der Waals surface area contributed by atoms with Gasteiger partial charge in [-0.15, -0.1) is 0 Å². The fourth-order valence-electron chi connectivity index (χ4n) is 7.82. The molecule has 0 amide bonds. The zero-order valence-electron chi connectivity index (χ0n) is 23.4. The number of rotatable bonds is 2. The highest BCUT2D eigenvalue weighted by Crippen LogP contribution is 2.54. The summed E-state index contributed by atoms with van der Waals surface area (Å²) in [6, 6.07) is 14.1. The Morgan fingerprint density at radius 2 is 1.47 bits per heavy atom. The molecule has 0 unspecified atom stereocenters. The van der Waals surface area contributed by atoms with E-state index in [0.29, 0.717) is 10.8 Å². The lowest BCUT2D eigenvalue weighted by molar-refractivity contribution is -0.661. The highest BCUT2D eigenvalue weighted by atomic mass is 14.9. The van der Waals surface area contributed by atoms with Gasteiger partial charge in [-0.3, -0.25) is 0 Å². The molecule has 3 aromatic rings. The topological polar surface area (TPSA) is 3.88 Å². The van der Waals surface area contributed by atoms with Crippen molar-refractivity contribution in [2.45, 2.75) is 98.3 Å². The molecule has 0 saturated heterocycles. The number of benzene rings is 2. The number of hydrogen-bond donors (Lipinski definition) is 0. The Balaban J connectivity index is 1.29. The molecule has 0 N–H and O–H groups in total. The van der Waals surface area contributed by atoms with Crippen LogP contribution in [0.2, 0.25) is 0 Å². The van der Waals surface area contributed by atoms with Crippen molar-refractivity contribution in [1.29, 1.82) is 0 Å². The van der Waals surface area contributed by atoms with Gasteiger partial charge in [-0.2, -0.15) is 0 Å². The van der Waals surface area contributed by atoms with Gasteiger partial charge in [0.15, 0.2) is 6.20 Å². The van der Waals surface area contributed by atoms with Gasteiger partial charge in [0.25, 0.3) is 0 Å². The molecule has 0 bridgehead atoms. The van der Waals surface area contributed by atoms with Gasteiger partial charge in [0, 0.05) is 11.6 Å². The largest absolute Gasteiger partial charge is 0.213 e. The summed E-state index contributed by atoms with van der Waals surface area (Å²) in [5.74, 6) is 0.723. The van der Waals surface area contributed by atoms with E-state index < -0.39 is 0 Å². The molecule has 1 spiro atoms. The molecule has 2 saturated carbocycles. The highest BCUT2D eigenvalue weighted by molar-refractivity contribution is 5.85. The minimum atomic E-state index is 0.568. The summed E-state index contributed by atoms with van der Waals surface area (Å²) in [6.07, 6.45) is 14.9. The Kier molecular flexibility index (Phi) is 5.71. The van der Waals surface area contributed by atoms with E-state index in [2.05, 4.69) is 88.8 Å². The SMILES string of the molecule is Cc1ccc2c(c1)Cc1c-2ccc(C)c1-c1cc(C)c(C2CCC3(CC2)CCC(C)(C)CC3)c[n+]1C. The van der Waals surface area contributed by atoms with Crippen LogP contribution in [-0.4, -0.2) is 0 Å². The van der Waals surface area contributed by atoms with E-state index >= 15 is 0 Å². The van der Waals surface area contributed by atoms with Crippen LogP contribution in [0.25, 0.3) is 22.4 Å². The summed E-state index contributed by atoms with van der Waals surface area (Å²) in [7, 11) is 2.27. The van der Waals surface area contributed by atoms with E-state index in [-0.39, 0.29) is 0 Å². The predicted octanol–water partition coefficient (Wildman–Crippen LogP) is 8.92. The van der Waals surface area contributed by atoms with E-state index in [0.717, 1.165) is 12.3 Å². The van der Waals surface area contributed by atoms with Gasteiger partial charge in [0.1, 0.15) is 7.05 Å². The van der Waals surface area contributed by atoms with Crippen molar-refractivity contribution in [2.24, 2.45) is 17.9 Å². The van der Waals surface area contributed by atoms with E-state index in [1.54, 1.807) is 5.56 Å². The number of pyridine rings is 1. The van der Waals surface area contributed by atoms with Crippen LogP contribution in [0.15, 0.2) is 42.6 Å². The first-order valence-corrected chi connectivity index (χ1v) is 14.4. The third-order valence-corrected chi connectivity index (χ3v) is 10.4. The molecular formula is C35H44N+. The van der Waals surface area contributed by atoms with E-state index in [4.69, 9.17) is 0 Å². The van der Waals surface area contributed by atoms with Gasteiger partial charge in [-0.25, -0.2) is 4.57 Å². The van der Waals surface area contributed by atoms with Gasteiger partial charge < -0.3 is 0 Å². The average molecular weight is 479 g/mol. The van der Waals surface area contributed by atoms with Crippen LogP contribution in [0, 0.1) is 31.6 Å². The molecule has 0 atom stereocenters. The lowest BCUT2D eigenvalue weighted by atomic mass is 9.58. The first-order chi connectivity index (χ1) is 17.1. The van der Waals surface area contributed by atoms with Crippen LogP contribution in [0.1, 0.15) is 105 Å². The van der Waals surface area contributed by atoms with Crippen molar-refractivity contribution in [1.82, 2.24) is 0 Å². The van der Waals surface area contributed by atoms with Crippen molar-refractivity contribution < 1.29 is 4.57 Å². The average Bonchev–Trinajstić information content (AvgIpc) is 3.21. The van der Waals surface area contributed by atoms with Crippen molar-refractivity contribution in [3.63, 3.8) is 0 Å².